The molecule has 0 aromatic carbocycles. The monoisotopic (exact) mass is 428 g/mol. The van der Waals surface area contributed by atoms with E-state index in [1.165, 1.54) is 0 Å². The van der Waals surface area contributed by atoms with Gasteiger partial charge in [0.15, 0.2) is 6.61 Å². The third kappa shape index (κ3) is 6.49. The highest BCUT2D eigenvalue weighted by Crippen LogP contribution is 2.46. The molecule has 0 unspecified atom stereocenters. The Morgan fingerprint density at radius 2 is 1.29 bits per heavy atom. The average molecular weight is 428 g/mol. The minimum absolute atomic E-state index is 0.298. The van der Waals surface area contributed by atoms with Crippen molar-refractivity contribution in [3.8, 4) is 0 Å². The Balaban J connectivity index is 4.31. The maximum atomic E-state index is 13.0. The first-order chi connectivity index (χ1) is 12.3. The van der Waals surface area contributed by atoms with Crippen LogP contribution in [-0.4, -0.2) is 56.4 Å². The summed E-state index contributed by atoms with van der Waals surface area (Å²) in [4.78, 5) is 23.1. The fraction of sp³-hybridized carbons (Fsp3) is 0.875. The van der Waals surface area contributed by atoms with Gasteiger partial charge in [-0.25, -0.2) is 4.79 Å². The van der Waals surface area contributed by atoms with E-state index in [1.807, 2.05) is 20.8 Å². The van der Waals surface area contributed by atoms with Crippen LogP contribution < -0.4 is 0 Å². The Morgan fingerprint density at radius 3 is 1.71 bits per heavy atom. The van der Waals surface area contributed by atoms with Gasteiger partial charge in [0.1, 0.15) is 13.2 Å². The van der Waals surface area contributed by atoms with E-state index in [4.69, 9.17) is 4.74 Å². The molecule has 0 spiro atoms. The molecule has 0 amide bonds. The lowest BCUT2D eigenvalue weighted by Crippen LogP contribution is -2.54. The van der Waals surface area contributed by atoms with Crippen molar-refractivity contribution in [1.82, 2.24) is 0 Å². The van der Waals surface area contributed by atoms with Gasteiger partial charge in [0.2, 0.25) is 0 Å². The summed E-state index contributed by atoms with van der Waals surface area (Å²) in [6.45, 7) is 4.64. The summed E-state index contributed by atoms with van der Waals surface area (Å²) >= 11 is 0. The Bertz CT molecular complexity index is 551. The maximum absolute atomic E-state index is 13.0. The summed E-state index contributed by atoms with van der Waals surface area (Å²) < 4.78 is 100. The van der Waals surface area contributed by atoms with Crippen molar-refractivity contribution in [2.24, 2.45) is 10.8 Å². The van der Waals surface area contributed by atoms with Crippen molar-refractivity contribution in [3.63, 3.8) is 0 Å². The topological polar surface area (TPSA) is 61.8 Å². The Morgan fingerprint density at radius 1 is 0.786 bits per heavy atom. The second kappa shape index (κ2) is 8.83. The zero-order chi connectivity index (χ0) is 22.6. The molecule has 12 heteroatoms. The van der Waals surface area contributed by atoms with Crippen LogP contribution in [0.5, 0.6) is 0 Å². The van der Waals surface area contributed by atoms with E-state index in [1.54, 1.807) is 13.8 Å². The van der Waals surface area contributed by atoms with E-state index in [0.717, 1.165) is 0 Å². The minimum Gasteiger partial charge on any atom is -0.463 e. The van der Waals surface area contributed by atoms with Crippen LogP contribution in [0.4, 0.5) is 30.7 Å². The van der Waals surface area contributed by atoms with Crippen molar-refractivity contribution >= 4 is 11.9 Å². The molecule has 0 aliphatic rings. The Labute approximate surface area is 157 Å². The van der Waals surface area contributed by atoms with Crippen molar-refractivity contribution < 1.29 is 54.5 Å². The molecule has 0 fully saturated rings. The first kappa shape index (κ1) is 26.4. The lowest BCUT2D eigenvalue weighted by Gasteiger charge is -2.36. The molecule has 0 radical (unpaired) electrons. The Hall–Kier alpha value is -1.59. The smallest absolute Gasteiger partial charge is 0.460 e. The molecule has 166 valence electrons. The number of esters is 2. The van der Waals surface area contributed by atoms with Crippen LogP contribution in [0.1, 0.15) is 34.6 Å². The van der Waals surface area contributed by atoms with Gasteiger partial charge in [-0.15, -0.1) is 0 Å². The van der Waals surface area contributed by atoms with E-state index in [0.29, 0.717) is 0 Å². The molecule has 0 saturated heterocycles. The normalized spacial score (nSPS) is 14.0. The van der Waals surface area contributed by atoms with Crippen LogP contribution in [-0.2, 0) is 23.8 Å². The summed E-state index contributed by atoms with van der Waals surface area (Å²) in [5.41, 5.74) is -1.26. The van der Waals surface area contributed by atoms with Gasteiger partial charge in [-0.3, -0.25) is 4.79 Å². The predicted molar refractivity (Wildman–Crippen MR) is 81.9 cm³/mol. The summed E-state index contributed by atoms with van der Waals surface area (Å²) in [5, 5.41) is 0. The number of rotatable bonds is 9. The first-order valence-corrected chi connectivity index (χ1v) is 8.00. The highest BCUT2D eigenvalue weighted by atomic mass is 19.4. The van der Waals surface area contributed by atoms with Crippen LogP contribution in [0.3, 0.4) is 0 Å². The van der Waals surface area contributed by atoms with Gasteiger partial charge in [0, 0.05) is 0 Å². The Kier molecular flexibility index (Phi) is 8.33. The third-order valence-corrected chi connectivity index (χ3v) is 4.30. The first-order valence-electron chi connectivity index (χ1n) is 8.00. The lowest BCUT2D eigenvalue weighted by molar-refractivity contribution is -0.359. The van der Waals surface area contributed by atoms with Gasteiger partial charge in [-0.1, -0.05) is 20.8 Å². The zero-order valence-corrected chi connectivity index (χ0v) is 16.0. The lowest BCUT2D eigenvalue weighted by atomic mass is 9.69. The number of carbonyl (C=O) groups is 2. The maximum Gasteiger partial charge on any atom is 0.460 e. The SMILES string of the molecule is CC(C)(C)C(C)(C)C(=O)OCCOCC(=O)OCC(F)(F)C(F)(F)C(F)(F)F. The predicted octanol–water partition coefficient (Wildman–Crippen LogP) is 3.99. The van der Waals surface area contributed by atoms with Crippen molar-refractivity contribution in [2.75, 3.05) is 26.4 Å². The fourth-order valence-corrected chi connectivity index (χ4v) is 1.35. The van der Waals surface area contributed by atoms with Crippen LogP contribution in [0.15, 0.2) is 0 Å². The van der Waals surface area contributed by atoms with E-state index in [9.17, 15) is 40.3 Å². The van der Waals surface area contributed by atoms with Crippen LogP contribution in [0.25, 0.3) is 0 Å². The third-order valence-electron chi connectivity index (χ3n) is 4.30. The molecule has 0 rings (SSSR count). The summed E-state index contributed by atoms with van der Waals surface area (Å²) in [5.74, 6) is -14.1. The van der Waals surface area contributed by atoms with Gasteiger partial charge in [0.05, 0.1) is 12.0 Å². The molecule has 0 bridgehead atoms. The molecule has 0 atom stereocenters. The van der Waals surface area contributed by atoms with Gasteiger partial charge in [-0.2, -0.15) is 30.7 Å². The quantitative estimate of drug-likeness (QED) is 0.316. The van der Waals surface area contributed by atoms with E-state index in [2.05, 4.69) is 9.47 Å². The standard InChI is InChI=1S/C16H23F7O5/c1-12(2,3)13(4,5)11(25)27-7-6-26-8-10(24)28-9-14(17,18)15(19,20)16(21,22)23/h6-9H2,1-5H3. The molecule has 0 heterocycles. The van der Waals surface area contributed by atoms with Crippen LogP contribution >= 0.6 is 0 Å². The van der Waals surface area contributed by atoms with Crippen LogP contribution in [0.2, 0.25) is 0 Å². The number of halogens is 7. The number of hydrogen-bond acceptors (Lipinski definition) is 5. The van der Waals surface area contributed by atoms with Crippen LogP contribution in [0, 0.1) is 10.8 Å². The van der Waals surface area contributed by atoms with E-state index < -0.39 is 54.0 Å². The van der Waals surface area contributed by atoms with Crippen molar-refractivity contribution in [2.45, 2.75) is 52.6 Å². The van der Waals surface area contributed by atoms with E-state index >= 15 is 0 Å². The molecule has 0 aliphatic carbocycles. The minimum atomic E-state index is -6.51. The second-order valence-corrected chi connectivity index (χ2v) is 7.50. The molecule has 0 N–H and O–H groups in total. The summed E-state index contributed by atoms with van der Waals surface area (Å²) in [6, 6.07) is 0. The number of alkyl halides is 7. The molecule has 5 nitrogen and oxygen atoms in total. The fourth-order valence-electron chi connectivity index (χ4n) is 1.35. The van der Waals surface area contributed by atoms with Gasteiger partial charge in [0.25, 0.3) is 0 Å². The highest BCUT2D eigenvalue weighted by molar-refractivity contribution is 5.76. The molecule has 0 aromatic rings. The molecule has 28 heavy (non-hydrogen) atoms. The number of carbonyl (C=O) groups excluding carboxylic acids is 2. The van der Waals surface area contributed by atoms with Gasteiger partial charge < -0.3 is 14.2 Å². The van der Waals surface area contributed by atoms with Gasteiger partial charge >= 0.3 is 30.0 Å². The number of ether oxygens (including phenoxy) is 3. The molecule has 0 aliphatic heterocycles. The summed E-state index contributed by atoms with van der Waals surface area (Å²) in [6.07, 6.45) is -6.51. The second-order valence-electron chi connectivity index (χ2n) is 7.50. The molecular weight excluding hydrogens is 405 g/mol. The average Bonchev–Trinajstić information content (AvgIpc) is 2.50. The highest BCUT2D eigenvalue weighted by Gasteiger charge is 2.73. The van der Waals surface area contributed by atoms with Crippen molar-refractivity contribution in [1.29, 1.82) is 0 Å². The molecule has 0 aromatic heterocycles. The summed E-state index contributed by atoms with van der Waals surface area (Å²) in [7, 11) is 0. The molecular formula is C16H23F7O5. The molecule has 0 saturated carbocycles. The van der Waals surface area contributed by atoms with Gasteiger partial charge in [-0.05, 0) is 19.3 Å². The van der Waals surface area contributed by atoms with E-state index in [-0.39, 0.29) is 13.2 Å². The van der Waals surface area contributed by atoms with Crippen molar-refractivity contribution in [3.05, 3.63) is 0 Å². The zero-order valence-electron chi connectivity index (χ0n) is 16.0. The number of hydrogen-bond donors (Lipinski definition) is 0. The largest absolute Gasteiger partial charge is 0.463 e.